The van der Waals surface area contributed by atoms with Crippen LogP contribution in [0.25, 0.3) is 0 Å². The lowest BCUT2D eigenvalue weighted by molar-refractivity contribution is -0.132. The van der Waals surface area contributed by atoms with E-state index in [1.54, 1.807) is 0 Å². The Labute approximate surface area is 121 Å². The number of carbonyl (C=O) groups is 1. The topological polar surface area (TPSA) is 32.3 Å². The van der Waals surface area contributed by atoms with Gasteiger partial charge in [-0.15, -0.1) is 0 Å². The standard InChI is InChI=1S/C17H24N2O/c1-14-4-2-3-5-15(14)12-16(20)19-10-7-17(8-11-19)6-9-18-13-17/h2-5,18H,6-13H2,1H3. The molecule has 2 aliphatic heterocycles. The molecule has 0 radical (unpaired) electrons. The normalized spacial score (nSPS) is 21.4. The molecule has 1 N–H and O–H groups in total. The molecule has 3 rings (SSSR count). The van der Waals surface area contributed by atoms with Gasteiger partial charge in [-0.2, -0.15) is 0 Å². The van der Waals surface area contributed by atoms with Crippen molar-refractivity contribution in [2.75, 3.05) is 26.2 Å². The van der Waals surface area contributed by atoms with Gasteiger partial charge in [-0.25, -0.2) is 0 Å². The number of likely N-dealkylation sites (tertiary alicyclic amines) is 1. The summed E-state index contributed by atoms with van der Waals surface area (Å²) in [5, 5.41) is 3.47. The number of hydrogen-bond donors (Lipinski definition) is 1. The molecule has 3 nitrogen and oxygen atoms in total. The highest BCUT2D eigenvalue weighted by atomic mass is 16.2. The molecule has 108 valence electrons. The molecule has 1 spiro atoms. The van der Waals surface area contributed by atoms with E-state index in [0.717, 1.165) is 26.2 Å². The Kier molecular flexibility index (Phi) is 3.79. The van der Waals surface area contributed by atoms with E-state index in [0.29, 0.717) is 17.7 Å². The van der Waals surface area contributed by atoms with E-state index in [4.69, 9.17) is 0 Å². The molecule has 1 aromatic rings. The van der Waals surface area contributed by atoms with Crippen LogP contribution in [0, 0.1) is 12.3 Å². The molecular weight excluding hydrogens is 248 g/mol. The average molecular weight is 272 g/mol. The van der Waals surface area contributed by atoms with Gasteiger partial charge in [-0.3, -0.25) is 4.79 Å². The first-order valence-corrected chi connectivity index (χ1v) is 7.72. The quantitative estimate of drug-likeness (QED) is 0.894. The summed E-state index contributed by atoms with van der Waals surface area (Å²) in [6, 6.07) is 8.20. The second-order valence-corrected chi connectivity index (χ2v) is 6.41. The lowest BCUT2D eigenvalue weighted by Crippen LogP contribution is -2.44. The highest BCUT2D eigenvalue weighted by Crippen LogP contribution is 2.36. The summed E-state index contributed by atoms with van der Waals surface area (Å²) < 4.78 is 0. The average Bonchev–Trinajstić information content (AvgIpc) is 2.90. The van der Waals surface area contributed by atoms with E-state index in [1.807, 2.05) is 12.1 Å². The van der Waals surface area contributed by atoms with Crippen LogP contribution >= 0.6 is 0 Å². The number of amides is 1. The third kappa shape index (κ3) is 2.73. The molecular formula is C17H24N2O. The molecule has 2 heterocycles. The van der Waals surface area contributed by atoms with Crippen LogP contribution in [-0.4, -0.2) is 37.0 Å². The molecule has 3 heteroatoms. The van der Waals surface area contributed by atoms with Gasteiger partial charge in [0.25, 0.3) is 0 Å². The Morgan fingerprint density at radius 1 is 1.25 bits per heavy atom. The van der Waals surface area contributed by atoms with Crippen molar-refractivity contribution in [1.29, 1.82) is 0 Å². The van der Waals surface area contributed by atoms with Gasteiger partial charge in [0.05, 0.1) is 6.42 Å². The highest BCUT2D eigenvalue weighted by molar-refractivity contribution is 5.79. The van der Waals surface area contributed by atoms with Crippen LogP contribution in [0.3, 0.4) is 0 Å². The number of hydrogen-bond acceptors (Lipinski definition) is 2. The van der Waals surface area contributed by atoms with Gasteiger partial charge >= 0.3 is 0 Å². The van der Waals surface area contributed by atoms with Crippen LogP contribution in [0.1, 0.15) is 30.4 Å². The van der Waals surface area contributed by atoms with E-state index in [2.05, 4.69) is 29.3 Å². The van der Waals surface area contributed by atoms with Crippen molar-refractivity contribution in [1.82, 2.24) is 10.2 Å². The maximum absolute atomic E-state index is 12.4. The summed E-state index contributed by atoms with van der Waals surface area (Å²) in [5.74, 6) is 0.292. The number of aryl methyl sites for hydroxylation is 1. The van der Waals surface area contributed by atoms with Crippen LogP contribution in [0.4, 0.5) is 0 Å². The second-order valence-electron chi connectivity index (χ2n) is 6.41. The lowest BCUT2D eigenvalue weighted by atomic mass is 9.78. The zero-order chi connectivity index (χ0) is 14.0. The Morgan fingerprint density at radius 3 is 2.65 bits per heavy atom. The molecule has 20 heavy (non-hydrogen) atoms. The minimum atomic E-state index is 0.292. The maximum atomic E-state index is 12.4. The fourth-order valence-corrected chi connectivity index (χ4v) is 3.54. The molecule has 1 aromatic carbocycles. The van der Waals surface area contributed by atoms with Crippen molar-refractivity contribution in [3.05, 3.63) is 35.4 Å². The first kappa shape index (κ1) is 13.6. The second kappa shape index (κ2) is 5.57. The monoisotopic (exact) mass is 272 g/mol. The summed E-state index contributed by atoms with van der Waals surface area (Å²) in [6.45, 7) is 6.25. The Morgan fingerprint density at radius 2 is 2.00 bits per heavy atom. The zero-order valence-corrected chi connectivity index (χ0v) is 12.3. The van der Waals surface area contributed by atoms with Gasteiger partial charge in [0.15, 0.2) is 0 Å². The molecule has 2 fully saturated rings. The van der Waals surface area contributed by atoms with Gasteiger partial charge in [-0.05, 0) is 49.3 Å². The minimum Gasteiger partial charge on any atom is -0.342 e. The highest BCUT2D eigenvalue weighted by Gasteiger charge is 2.37. The van der Waals surface area contributed by atoms with Gasteiger partial charge < -0.3 is 10.2 Å². The van der Waals surface area contributed by atoms with E-state index in [1.165, 1.54) is 30.4 Å². The SMILES string of the molecule is Cc1ccccc1CC(=O)N1CCC2(CCNC2)CC1. The van der Waals surface area contributed by atoms with Gasteiger partial charge in [0.1, 0.15) is 0 Å². The molecule has 2 saturated heterocycles. The van der Waals surface area contributed by atoms with Crippen molar-refractivity contribution in [2.45, 2.75) is 32.6 Å². The summed E-state index contributed by atoms with van der Waals surface area (Å²) in [6.07, 6.45) is 4.17. The van der Waals surface area contributed by atoms with E-state index < -0.39 is 0 Å². The lowest BCUT2D eigenvalue weighted by Gasteiger charge is -2.39. The van der Waals surface area contributed by atoms with Crippen LogP contribution in [0.2, 0.25) is 0 Å². The maximum Gasteiger partial charge on any atom is 0.226 e. The number of carbonyl (C=O) groups excluding carboxylic acids is 1. The van der Waals surface area contributed by atoms with Crippen molar-refractivity contribution < 1.29 is 4.79 Å². The summed E-state index contributed by atoms with van der Waals surface area (Å²) in [7, 11) is 0. The van der Waals surface area contributed by atoms with E-state index in [9.17, 15) is 4.79 Å². The number of rotatable bonds is 2. The summed E-state index contributed by atoms with van der Waals surface area (Å²) in [4.78, 5) is 14.5. The number of piperidine rings is 1. The number of benzene rings is 1. The van der Waals surface area contributed by atoms with Crippen molar-refractivity contribution >= 4 is 5.91 Å². The Hall–Kier alpha value is -1.35. The van der Waals surface area contributed by atoms with Gasteiger partial charge in [0, 0.05) is 19.6 Å². The van der Waals surface area contributed by atoms with Crippen molar-refractivity contribution in [3.8, 4) is 0 Å². The van der Waals surface area contributed by atoms with Crippen LogP contribution in [0.15, 0.2) is 24.3 Å². The molecule has 0 aliphatic carbocycles. The third-order valence-corrected chi connectivity index (χ3v) is 5.11. The summed E-state index contributed by atoms with van der Waals surface area (Å²) >= 11 is 0. The van der Waals surface area contributed by atoms with E-state index in [-0.39, 0.29) is 0 Å². The molecule has 2 aliphatic rings. The predicted octanol–water partition coefficient (Wildman–Crippen LogP) is 2.14. The largest absolute Gasteiger partial charge is 0.342 e. The molecule has 0 atom stereocenters. The minimum absolute atomic E-state index is 0.292. The third-order valence-electron chi connectivity index (χ3n) is 5.11. The number of nitrogens with zero attached hydrogens (tertiary/aromatic N) is 1. The van der Waals surface area contributed by atoms with Gasteiger partial charge in [-0.1, -0.05) is 24.3 Å². The first-order valence-electron chi connectivity index (χ1n) is 7.72. The zero-order valence-electron chi connectivity index (χ0n) is 12.3. The van der Waals surface area contributed by atoms with Crippen LogP contribution in [-0.2, 0) is 11.2 Å². The Bertz CT molecular complexity index is 482. The van der Waals surface area contributed by atoms with Crippen molar-refractivity contribution in [3.63, 3.8) is 0 Å². The smallest absolute Gasteiger partial charge is 0.226 e. The molecule has 0 unspecified atom stereocenters. The van der Waals surface area contributed by atoms with Crippen molar-refractivity contribution in [2.24, 2.45) is 5.41 Å². The van der Waals surface area contributed by atoms with Gasteiger partial charge in [0.2, 0.25) is 5.91 Å². The molecule has 0 aromatic heterocycles. The summed E-state index contributed by atoms with van der Waals surface area (Å²) in [5.41, 5.74) is 2.87. The van der Waals surface area contributed by atoms with Crippen LogP contribution in [0.5, 0.6) is 0 Å². The molecule has 0 saturated carbocycles. The number of nitrogens with one attached hydrogen (secondary N) is 1. The molecule has 1 amide bonds. The fourth-order valence-electron chi connectivity index (χ4n) is 3.54. The van der Waals surface area contributed by atoms with Crippen LogP contribution < -0.4 is 5.32 Å². The Balaban J connectivity index is 1.58. The predicted molar refractivity (Wildman–Crippen MR) is 80.6 cm³/mol. The first-order chi connectivity index (χ1) is 9.69. The van der Waals surface area contributed by atoms with E-state index >= 15 is 0 Å². The molecule has 0 bridgehead atoms. The fraction of sp³-hybridized carbons (Fsp3) is 0.588.